The molecule has 2 aromatic rings. The van der Waals surface area contributed by atoms with Gasteiger partial charge in [-0.1, -0.05) is 19.1 Å². The molecule has 0 atom stereocenters. The number of nitrogens with zero attached hydrogens (tertiary/aromatic N) is 1. The highest BCUT2D eigenvalue weighted by atomic mass is 19.1. The lowest BCUT2D eigenvalue weighted by Gasteiger charge is -2.08. The molecule has 106 valence electrons. The fourth-order valence-corrected chi connectivity index (χ4v) is 1.81. The van der Waals surface area contributed by atoms with Gasteiger partial charge in [-0.05, 0) is 43.7 Å². The lowest BCUT2D eigenvalue weighted by molar-refractivity contribution is 0.425. The van der Waals surface area contributed by atoms with Crippen LogP contribution in [0.3, 0.4) is 0 Å². The molecule has 0 saturated heterocycles. The fourth-order valence-electron chi connectivity index (χ4n) is 1.81. The molecule has 1 aromatic carbocycles. The van der Waals surface area contributed by atoms with Crippen molar-refractivity contribution in [3.05, 3.63) is 53.5 Å². The summed E-state index contributed by atoms with van der Waals surface area (Å²) in [5, 5.41) is 3.27. The summed E-state index contributed by atoms with van der Waals surface area (Å²) in [5.41, 5.74) is 1.83. The van der Waals surface area contributed by atoms with Crippen molar-refractivity contribution in [1.29, 1.82) is 0 Å². The number of nitrogens with one attached hydrogen (secondary N) is 1. The molecule has 0 saturated carbocycles. The third-order valence-electron chi connectivity index (χ3n) is 2.82. The van der Waals surface area contributed by atoms with Crippen LogP contribution in [0.15, 0.2) is 36.4 Å². The first kappa shape index (κ1) is 14.5. The van der Waals surface area contributed by atoms with Crippen molar-refractivity contribution in [2.24, 2.45) is 0 Å². The van der Waals surface area contributed by atoms with Crippen molar-refractivity contribution in [2.45, 2.75) is 26.8 Å². The Hall–Kier alpha value is -1.94. The third-order valence-corrected chi connectivity index (χ3v) is 2.82. The summed E-state index contributed by atoms with van der Waals surface area (Å²) >= 11 is 0. The van der Waals surface area contributed by atoms with E-state index in [-0.39, 0.29) is 11.6 Å². The molecule has 0 aliphatic carbocycles. The van der Waals surface area contributed by atoms with E-state index in [2.05, 4.69) is 17.2 Å². The molecule has 1 heterocycles. The van der Waals surface area contributed by atoms with Crippen molar-refractivity contribution in [3.8, 4) is 11.6 Å². The van der Waals surface area contributed by atoms with Crippen molar-refractivity contribution in [3.63, 3.8) is 0 Å². The van der Waals surface area contributed by atoms with Gasteiger partial charge in [0.2, 0.25) is 5.88 Å². The SMILES string of the molecule is CCCNCc1cccc(Oc2cc(C)ccc2F)n1. The number of aromatic nitrogens is 1. The summed E-state index contributed by atoms with van der Waals surface area (Å²) in [5.74, 6) is 0.230. The smallest absolute Gasteiger partial charge is 0.219 e. The number of rotatable bonds is 6. The summed E-state index contributed by atoms with van der Waals surface area (Å²) in [4.78, 5) is 4.36. The zero-order valence-corrected chi connectivity index (χ0v) is 11.8. The number of aryl methyl sites for hydroxylation is 1. The van der Waals surface area contributed by atoms with Gasteiger partial charge in [-0.15, -0.1) is 0 Å². The van der Waals surface area contributed by atoms with Crippen LogP contribution in [-0.4, -0.2) is 11.5 Å². The average Bonchev–Trinajstić information content (AvgIpc) is 2.44. The fraction of sp³-hybridized carbons (Fsp3) is 0.312. The molecule has 0 bridgehead atoms. The lowest BCUT2D eigenvalue weighted by atomic mass is 10.2. The second-order valence-corrected chi connectivity index (χ2v) is 4.68. The summed E-state index contributed by atoms with van der Waals surface area (Å²) in [6.45, 7) is 5.63. The largest absolute Gasteiger partial charge is 0.436 e. The highest BCUT2D eigenvalue weighted by molar-refractivity contribution is 5.32. The first-order valence-corrected chi connectivity index (χ1v) is 6.79. The summed E-state index contributed by atoms with van der Waals surface area (Å²) in [6.07, 6.45) is 1.07. The van der Waals surface area contributed by atoms with Gasteiger partial charge in [-0.3, -0.25) is 0 Å². The number of hydrogen-bond acceptors (Lipinski definition) is 3. The van der Waals surface area contributed by atoms with E-state index in [0.717, 1.165) is 24.2 Å². The van der Waals surface area contributed by atoms with Crippen LogP contribution in [0, 0.1) is 12.7 Å². The van der Waals surface area contributed by atoms with Gasteiger partial charge in [0.25, 0.3) is 0 Å². The molecule has 0 amide bonds. The van der Waals surface area contributed by atoms with E-state index in [4.69, 9.17) is 4.74 Å². The highest BCUT2D eigenvalue weighted by Gasteiger charge is 2.06. The Morgan fingerprint density at radius 3 is 2.90 bits per heavy atom. The highest BCUT2D eigenvalue weighted by Crippen LogP contribution is 2.24. The molecular weight excluding hydrogens is 255 g/mol. The molecule has 1 N–H and O–H groups in total. The Balaban J connectivity index is 2.09. The van der Waals surface area contributed by atoms with Gasteiger partial charge < -0.3 is 10.1 Å². The minimum absolute atomic E-state index is 0.205. The van der Waals surface area contributed by atoms with Crippen molar-refractivity contribution in [1.82, 2.24) is 10.3 Å². The summed E-state index contributed by atoms with van der Waals surface area (Å²) in [7, 11) is 0. The molecule has 0 aliphatic rings. The van der Waals surface area contributed by atoms with E-state index in [1.807, 2.05) is 19.1 Å². The molecule has 0 aliphatic heterocycles. The van der Waals surface area contributed by atoms with Crippen molar-refractivity contribution < 1.29 is 9.13 Å². The van der Waals surface area contributed by atoms with Crippen LogP contribution in [0.4, 0.5) is 4.39 Å². The monoisotopic (exact) mass is 274 g/mol. The molecule has 0 unspecified atom stereocenters. The number of halogens is 1. The molecule has 3 nitrogen and oxygen atoms in total. The van der Waals surface area contributed by atoms with E-state index in [0.29, 0.717) is 12.4 Å². The number of ether oxygens (including phenoxy) is 1. The summed E-state index contributed by atoms with van der Waals surface area (Å²) < 4.78 is 19.2. The van der Waals surface area contributed by atoms with E-state index >= 15 is 0 Å². The number of hydrogen-bond donors (Lipinski definition) is 1. The minimum Gasteiger partial charge on any atom is -0.436 e. The van der Waals surface area contributed by atoms with Gasteiger partial charge >= 0.3 is 0 Å². The predicted molar refractivity (Wildman–Crippen MR) is 77.4 cm³/mol. The molecular formula is C16H19FN2O. The van der Waals surface area contributed by atoms with E-state index < -0.39 is 0 Å². The normalized spacial score (nSPS) is 10.6. The maximum Gasteiger partial charge on any atom is 0.219 e. The number of pyridine rings is 1. The van der Waals surface area contributed by atoms with E-state index in [9.17, 15) is 4.39 Å². The van der Waals surface area contributed by atoms with Crippen molar-refractivity contribution in [2.75, 3.05) is 6.54 Å². The molecule has 20 heavy (non-hydrogen) atoms. The van der Waals surface area contributed by atoms with Gasteiger partial charge in [0.1, 0.15) is 0 Å². The van der Waals surface area contributed by atoms with Gasteiger partial charge in [0, 0.05) is 12.6 Å². The Kier molecular flexibility index (Phi) is 5.07. The molecule has 1 aromatic heterocycles. The molecule has 0 spiro atoms. The second kappa shape index (κ2) is 7.01. The van der Waals surface area contributed by atoms with Crippen LogP contribution in [0.1, 0.15) is 24.6 Å². The third kappa shape index (κ3) is 4.03. The van der Waals surface area contributed by atoms with Gasteiger partial charge in [-0.25, -0.2) is 9.37 Å². The van der Waals surface area contributed by atoms with Crippen LogP contribution in [0.2, 0.25) is 0 Å². The van der Waals surface area contributed by atoms with Crippen LogP contribution in [0.25, 0.3) is 0 Å². The zero-order valence-electron chi connectivity index (χ0n) is 11.8. The Morgan fingerprint density at radius 2 is 2.10 bits per heavy atom. The maximum atomic E-state index is 13.6. The maximum absolute atomic E-state index is 13.6. The van der Waals surface area contributed by atoms with Crippen molar-refractivity contribution >= 4 is 0 Å². The zero-order chi connectivity index (χ0) is 14.4. The van der Waals surface area contributed by atoms with E-state index in [1.54, 1.807) is 18.2 Å². The topological polar surface area (TPSA) is 34.1 Å². The second-order valence-electron chi connectivity index (χ2n) is 4.68. The van der Waals surface area contributed by atoms with Crippen LogP contribution >= 0.6 is 0 Å². The standard InChI is InChI=1S/C16H19FN2O/c1-3-9-18-11-13-5-4-6-16(19-13)20-15-10-12(2)7-8-14(15)17/h4-8,10,18H,3,9,11H2,1-2H3. The number of benzene rings is 1. The van der Waals surface area contributed by atoms with Crippen LogP contribution in [-0.2, 0) is 6.54 Å². The first-order valence-electron chi connectivity index (χ1n) is 6.79. The van der Waals surface area contributed by atoms with Crippen LogP contribution < -0.4 is 10.1 Å². The Morgan fingerprint density at radius 1 is 1.25 bits per heavy atom. The first-order chi connectivity index (χ1) is 9.69. The van der Waals surface area contributed by atoms with Crippen LogP contribution in [0.5, 0.6) is 11.6 Å². The minimum atomic E-state index is -0.382. The molecule has 2 rings (SSSR count). The van der Waals surface area contributed by atoms with Gasteiger partial charge in [-0.2, -0.15) is 0 Å². The predicted octanol–water partition coefficient (Wildman–Crippen LogP) is 3.82. The lowest BCUT2D eigenvalue weighted by Crippen LogP contribution is -2.14. The molecule has 0 fully saturated rings. The summed E-state index contributed by atoms with van der Waals surface area (Å²) in [6, 6.07) is 10.3. The Bertz CT molecular complexity index is 572. The molecule has 0 radical (unpaired) electrons. The average molecular weight is 274 g/mol. The van der Waals surface area contributed by atoms with Gasteiger partial charge in [0.15, 0.2) is 11.6 Å². The quantitative estimate of drug-likeness (QED) is 0.813. The van der Waals surface area contributed by atoms with Gasteiger partial charge in [0.05, 0.1) is 5.69 Å². The van der Waals surface area contributed by atoms with E-state index in [1.165, 1.54) is 6.07 Å². The molecule has 4 heteroatoms. The Labute approximate surface area is 118 Å².